The van der Waals surface area contributed by atoms with Crippen LogP contribution in [0.5, 0.6) is 0 Å². The van der Waals surface area contributed by atoms with Crippen molar-refractivity contribution in [3.05, 3.63) is 16.1 Å². The predicted molar refractivity (Wildman–Crippen MR) is 48.3 cm³/mol. The van der Waals surface area contributed by atoms with Gasteiger partial charge in [0.25, 0.3) is 0 Å². The third-order valence-corrected chi connectivity index (χ3v) is 2.60. The lowest BCUT2D eigenvalue weighted by Gasteiger charge is -2.08. The molecule has 0 bridgehead atoms. The number of hydrogen-bond donors (Lipinski definition) is 1. The highest BCUT2D eigenvalue weighted by atomic mass is 32.1. The maximum Gasteiger partial charge on any atom is 0.113 e. The van der Waals surface area contributed by atoms with Gasteiger partial charge in [0.2, 0.25) is 0 Å². The number of aliphatic hydroxyl groups excluding tert-OH is 1. The Morgan fingerprint density at radius 1 is 1.75 bits per heavy atom. The van der Waals surface area contributed by atoms with E-state index >= 15 is 0 Å². The molecule has 0 aliphatic rings. The first-order valence-corrected chi connectivity index (χ1v) is 4.79. The quantitative estimate of drug-likeness (QED) is 0.777. The number of aliphatic hydroxyl groups is 1. The number of ether oxygens (including phenoxy) is 1. The highest BCUT2D eigenvalue weighted by Gasteiger charge is 2.12. The molecule has 0 amide bonds. The first kappa shape index (κ1) is 9.64. The first-order valence-electron chi connectivity index (χ1n) is 3.91. The molecule has 12 heavy (non-hydrogen) atoms. The Bertz CT molecular complexity index is 237. The summed E-state index contributed by atoms with van der Waals surface area (Å²) in [4.78, 5) is 4.95. The van der Waals surface area contributed by atoms with E-state index in [1.165, 1.54) is 11.3 Å². The van der Waals surface area contributed by atoms with Crippen molar-refractivity contribution in [3.8, 4) is 0 Å². The van der Waals surface area contributed by atoms with Crippen LogP contribution in [0, 0.1) is 6.92 Å². The summed E-state index contributed by atoms with van der Waals surface area (Å²) in [6, 6.07) is 0. The second-order valence-corrected chi connectivity index (χ2v) is 3.36. The normalized spacial score (nSPS) is 13.2. The lowest BCUT2D eigenvalue weighted by atomic mass is 10.3. The van der Waals surface area contributed by atoms with Crippen molar-refractivity contribution < 1.29 is 9.84 Å². The standard InChI is InChI=1S/C8H13NO2S/c1-3-11-4-7(10)8-6(2)9-5-12-8/h5,7,10H,3-4H2,1-2H3. The summed E-state index contributed by atoms with van der Waals surface area (Å²) in [5.74, 6) is 0. The monoisotopic (exact) mass is 187 g/mol. The zero-order valence-corrected chi connectivity index (χ0v) is 8.10. The fourth-order valence-corrected chi connectivity index (χ4v) is 1.71. The molecule has 1 aromatic rings. The third-order valence-electron chi connectivity index (χ3n) is 1.57. The molecule has 0 aromatic carbocycles. The van der Waals surface area contributed by atoms with Gasteiger partial charge >= 0.3 is 0 Å². The van der Waals surface area contributed by atoms with Gasteiger partial charge in [-0.3, -0.25) is 0 Å². The SMILES string of the molecule is CCOCC(O)c1scnc1C. The molecule has 68 valence electrons. The highest BCUT2D eigenvalue weighted by molar-refractivity contribution is 7.09. The zero-order valence-electron chi connectivity index (χ0n) is 7.28. The molecule has 1 unspecified atom stereocenters. The van der Waals surface area contributed by atoms with Crippen LogP contribution in [-0.2, 0) is 4.74 Å². The first-order chi connectivity index (χ1) is 5.75. The molecule has 0 spiro atoms. The van der Waals surface area contributed by atoms with Crippen LogP contribution < -0.4 is 0 Å². The van der Waals surface area contributed by atoms with E-state index in [1.807, 2.05) is 13.8 Å². The molecule has 1 rings (SSSR count). The molecule has 3 nitrogen and oxygen atoms in total. The Labute approximate surface area is 76.0 Å². The van der Waals surface area contributed by atoms with Crippen LogP contribution in [-0.4, -0.2) is 23.3 Å². The molecular weight excluding hydrogens is 174 g/mol. The second kappa shape index (κ2) is 4.54. The summed E-state index contributed by atoms with van der Waals surface area (Å²) in [7, 11) is 0. The van der Waals surface area contributed by atoms with Gasteiger partial charge in [0.15, 0.2) is 0 Å². The number of hydrogen-bond acceptors (Lipinski definition) is 4. The molecule has 0 saturated carbocycles. The van der Waals surface area contributed by atoms with Crippen LogP contribution in [0.2, 0.25) is 0 Å². The van der Waals surface area contributed by atoms with Crippen LogP contribution in [0.3, 0.4) is 0 Å². The van der Waals surface area contributed by atoms with Gasteiger partial charge in [-0.2, -0.15) is 0 Å². The van der Waals surface area contributed by atoms with Gasteiger partial charge in [-0.15, -0.1) is 11.3 Å². The summed E-state index contributed by atoms with van der Waals surface area (Å²) in [5, 5.41) is 9.57. The minimum atomic E-state index is -0.516. The third kappa shape index (κ3) is 2.27. The Balaban J connectivity index is 2.52. The Morgan fingerprint density at radius 2 is 2.50 bits per heavy atom. The number of rotatable bonds is 4. The average Bonchev–Trinajstić information content (AvgIpc) is 2.47. The van der Waals surface area contributed by atoms with Gasteiger partial charge < -0.3 is 9.84 Å². The summed E-state index contributed by atoms with van der Waals surface area (Å²) < 4.78 is 5.10. The van der Waals surface area contributed by atoms with Gasteiger partial charge in [-0.25, -0.2) is 4.98 Å². The van der Waals surface area contributed by atoms with Crippen LogP contribution in [0.1, 0.15) is 23.6 Å². The Hall–Kier alpha value is -0.450. The van der Waals surface area contributed by atoms with E-state index < -0.39 is 6.10 Å². The molecule has 0 fully saturated rings. The number of aromatic nitrogens is 1. The fourth-order valence-electron chi connectivity index (χ4n) is 0.936. The average molecular weight is 187 g/mol. The van der Waals surface area contributed by atoms with E-state index in [0.717, 1.165) is 10.6 Å². The lowest BCUT2D eigenvalue weighted by molar-refractivity contribution is 0.0435. The minimum Gasteiger partial charge on any atom is -0.385 e. The van der Waals surface area contributed by atoms with Crippen molar-refractivity contribution >= 4 is 11.3 Å². The van der Waals surface area contributed by atoms with E-state index in [9.17, 15) is 5.11 Å². The topological polar surface area (TPSA) is 42.4 Å². The molecule has 1 aromatic heterocycles. The van der Waals surface area contributed by atoms with Crippen LogP contribution in [0.4, 0.5) is 0 Å². The van der Waals surface area contributed by atoms with E-state index in [0.29, 0.717) is 13.2 Å². The van der Waals surface area contributed by atoms with Crippen molar-refractivity contribution in [2.45, 2.75) is 20.0 Å². The molecule has 1 heterocycles. The van der Waals surface area contributed by atoms with Gasteiger partial charge in [0, 0.05) is 6.61 Å². The second-order valence-electron chi connectivity index (χ2n) is 2.48. The van der Waals surface area contributed by atoms with E-state index in [4.69, 9.17) is 4.74 Å². The predicted octanol–water partition coefficient (Wildman–Crippen LogP) is 1.52. The molecule has 1 atom stereocenters. The lowest BCUT2D eigenvalue weighted by Crippen LogP contribution is -2.06. The fraction of sp³-hybridized carbons (Fsp3) is 0.625. The Morgan fingerprint density at radius 3 is 3.00 bits per heavy atom. The molecule has 0 aliphatic carbocycles. The molecule has 0 saturated heterocycles. The number of thiazole rings is 1. The maximum absolute atomic E-state index is 9.57. The summed E-state index contributed by atoms with van der Waals surface area (Å²) >= 11 is 1.47. The van der Waals surface area contributed by atoms with E-state index in [-0.39, 0.29) is 0 Å². The smallest absolute Gasteiger partial charge is 0.113 e. The minimum absolute atomic E-state index is 0.361. The van der Waals surface area contributed by atoms with Gasteiger partial charge in [-0.1, -0.05) is 0 Å². The number of nitrogens with zero attached hydrogens (tertiary/aromatic N) is 1. The van der Waals surface area contributed by atoms with Crippen LogP contribution >= 0.6 is 11.3 Å². The summed E-state index contributed by atoms with van der Waals surface area (Å²) in [6.07, 6.45) is -0.516. The molecule has 0 aliphatic heterocycles. The van der Waals surface area contributed by atoms with Crippen LogP contribution in [0.25, 0.3) is 0 Å². The van der Waals surface area contributed by atoms with E-state index in [2.05, 4.69) is 4.98 Å². The molecule has 1 N–H and O–H groups in total. The van der Waals surface area contributed by atoms with Crippen molar-refractivity contribution in [2.75, 3.05) is 13.2 Å². The highest BCUT2D eigenvalue weighted by Crippen LogP contribution is 2.21. The van der Waals surface area contributed by atoms with Crippen molar-refractivity contribution in [2.24, 2.45) is 0 Å². The van der Waals surface area contributed by atoms with Crippen molar-refractivity contribution in [1.82, 2.24) is 4.98 Å². The molecular formula is C8H13NO2S. The van der Waals surface area contributed by atoms with Gasteiger partial charge in [0.1, 0.15) is 6.10 Å². The van der Waals surface area contributed by atoms with E-state index in [1.54, 1.807) is 5.51 Å². The van der Waals surface area contributed by atoms with Gasteiger partial charge in [-0.05, 0) is 13.8 Å². The maximum atomic E-state index is 9.57. The molecule has 0 radical (unpaired) electrons. The largest absolute Gasteiger partial charge is 0.385 e. The summed E-state index contributed by atoms with van der Waals surface area (Å²) in [6.45, 7) is 4.79. The Kier molecular flexibility index (Phi) is 3.65. The van der Waals surface area contributed by atoms with Gasteiger partial charge in [0.05, 0.1) is 22.7 Å². The van der Waals surface area contributed by atoms with Crippen molar-refractivity contribution in [1.29, 1.82) is 0 Å². The van der Waals surface area contributed by atoms with Crippen LogP contribution in [0.15, 0.2) is 5.51 Å². The molecule has 4 heteroatoms. The van der Waals surface area contributed by atoms with Crippen molar-refractivity contribution in [3.63, 3.8) is 0 Å². The zero-order chi connectivity index (χ0) is 8.97. The number of aryl methyl sites for hydroxylation is 1. The summed E-state index contributed by atoms with van der Waals surface area (Å²) in [5.41, 5.74) is 2.63.